The summed E-state index contributed by atoms with van der Waals surface area (Å²) < 4.78 is 5.77. The summed E-state index contributed by atoms with van der Waals surface area (Å²) in [6.07, 6.45) is 2.05. The minimum Gasteiger partial charge on any atom is -0.493 e. The van der Waals surface area contributed by atoms with E-state index in [0.717, 1.165) is 36.8 Å². The topological polar surface area (TPSA) is 21.3 Å². The highest BCUT2D eigenvalue weighted by atomic mass is 35.5. The molecule has 1 aromatic carbocycles. The third kappa shape index (κ3) is 2.58. The number of hydrogen-bond donors (Lipinski definition) is 1. The van der Waals surface area contributed by atoms with E-state index >= 15 is 0 Å². The maximum absolute atomic E-state index is 6.20. The van der Waals surface area contributed by atoms with E-state index in [1.165, 1.54) is 11.1 Å². The van der Waals surface area contributed by atoms with Crippen LogP contribution in [0, 0.1) is 0 Å². The third-order valence-electron chi connectivity index (χ3n) is 3.48. The van der Waals surface area contributed by atoms with E-state index in [9.17, 15) is 0 Å². The molecule has 2 rings (SSSR count). The van der Waals surface area contributed by atoms with Crippen molar-refractivity contribution in [1.82, 2.24) is 5.32 Å². The molecule has 0 aromatic heterocycles. The Balaban J connectivity index is 2.37. The van der Waals surface area contributed by atoms with Crippen LogP contribution in [0.4, 0.5) is 0 Å². The van der Waals surface area contributed by atoms with Gasteiger partial charge in [-0.25, -0.2) is 0 Å². The largest absolute Gasteiger partial charge is 0.493 e. The second kappa shape index (κ2) is 4.87. The lowest BCUT2D eigenvalue weighted by atomic mass is 9.80. The zero-order chi connectivity index (χ0) is 12.5. The fourth-order valence-corrected chi connectivity index (χ4v) is 2.58. The van der Waals surface area contributed by atoms with Gasteiger partial charge in [-0.1, -0.05) is 25.4 Å². The lowest BCUT2D eigenvalue weighted by Gasteiger charge is -2.27. The van der Waals surface area contributed by atoms with E-state index in [1.54, 1.807) is 0 Å². The van der Waals surface area contributed by atoms with Crippen LogP contribution in [-0.2, 0) is 11.8 Å². The average molecular weight is 254 g/mol. The molecule has 0 bridgehead atoms. The summed E-state index contributed by atoms with van der Waals surface area (Å²) in [6.45, 7) is 6.27. The van der Waals surface area contributed by atoms with Crippen molar-refractivity contribution in [3.63, 3.8) is 0 Å². The summed E-state index contributed by atoms with van der Waals surface area (Å²) in [6, 6.07) is 4.09. The predicted molar refractivity (Wildman–Crippen MR) is 72.2 cm³/mol. The highest BCUT2D eigenvalue weighted by Crippen LogP contribution is 2.41. The molecule has 1 N–H and O–H groups in total. The van der Waals surface area contributed by atoms with Crippen molar-refractivity contribution >= 4 is 11.6 Å². The molecule has 0 unspecified atom stereocenters. The molecule has 0 saturated carbocycles. The van der Waals surface area contributed by atoms with Gasteiger partial charge < -0.3 is 10.1 Å². The monoisotopic (exact) mass is 253 g/mol. The first-order chi connectivity index (χ1) is 8.04. The van der Waals surface area contributed by atoms with Crippen molar-refractivity contribution in [2.45, 2.75) is 32.1 Å². The lowest BCUT2D eigenvalue weighted by Crippen LogP contribution is -2.24. The summed E-state index contributed by atoms with van der Waals surface area (Å²) in [4.78, 5) is 0. The molecule has 0 spiro atoms. The van der Waals surface area contributed by atoms with E-state index < -0.39 is 0 Å². The van der Waals surface area contributed by atoms with Crippen LogP contribution in [0.3, 0.4) is 0 Å². The number of rotatable bonds is 4. The SMILES string of the molecule is CNCCC(C)(C)c1cc(Cl)cc2c1OCC2. The zero-order valence-corrected chi connectivity index (χ0v) is 11.5. The van der Waals surface area contributed by atoms with Crippen molar-refractivity contribution in [2.24, 2.45) is 0 Å². The van der Waals surface area contributed by atoms with Crippen LogP contribution < -0.4 is 10.1 Å². The van der Waals surface area contributed by atoms with E-state index in [-0.39, 0.29) is 5.41 Å². The van der Waals surface area contributed by atoms with Crippen molar-refractivity contribution in [2.75, 3.05) is 20.2 Å². The van der Waals surface area contributed by atoms with Gasteiger partial charge in [-0.3, -0.25) is 0 Å². The van der Waals surface area contributed by atoms with Crippen molar-refractivity contribution in [3.8, 4) is 5.75 Å². The molecule has 17 heavy (non-hydrogen) atoms. The first-order valence-electron chi connectivity index (χ1n) is 6.15. The van der Waals surface area contributed by atoms with Gasteiger partial charge in [0.15, 0.2) is 0 Å². The third-order valence-corrected chi connectivity index (χ3v) is 3.70. The van der Waals surface area contributed by atoms with Crippen molar-refractivity contribution < 1.29 is 4.74 Å². The second-order valence-electron chi connectivity index (χ2n) is 5.28. The molecule has 0 saturated heterocycles. The second-order valence-corrected chi connectivity index (χ2v) is 5.71. The molecule has 0 amide bonds. The Morgan fingerprint density at radius 1 is 1.41 bits per heavy atom. The molecule has 1 aromatic rings. The Bertz CT molecular complexity index is 415. The summed E-state index contributed by atoms with van der Waals surface area (Å²) >= 11 is 6.20. The van der Waals surface area contributed by atoms with E-state index in [1.807, 2.05) is 13.1 Å². The van der Waals surface area contributed by atoms with Gasteiger partial charge in [0.25, 0.3) is 0 Å². The summed E-state index contributed by atoms with van der Waals surface area (Å²) in [5.74, 6) is 1.07. The fraction of sp³-hybridized carbons (Fsp3) is 0.571. The molecule has 0 aliphatic carbocycles. The normalized spacial score (nSPS) is 14.6. The molecule has 0 fully saturated rings. The van der Waals surface area contributed by atoms with Crippen molar-refractivity contribution in [3.05, 3.63) is 28.3 Å². The van der Waals surface area contributed by atoms with E-state index in [2.05, 4.69) is 25.2 Å². The highest BCUT2D eigenvalue weighted by Gasteiger charge is 2.28. The quantitative estimate of drug-likeness (QED) is 0.890. The number of halogens is 1. The molecular formula is C14H20ClNO. The van der Waals surface area contributed by atoms with Crippen LogP contribution in [0.1, 0.15) is 31.4 Å². The molecule has 3 heteroatoms. The standard InChI is InChI=1S/C14H20ClNO/c1-14(2,5-6-16-3)12-9-11(15)8-10-4-7-17-13(10)12/h8-9,16H,4-7H2,1-3H3. The van der Waals surface area contributed by atoms with Gasteiger partial charge in [0.05, 0.1) is 6.61 Å². The minimum absolute atomic E-state index is 0.0856. The lowest BCUT2D eigenvalue weighted by molar-refractivity contribution is 0.341. The number of nitrogens with one attached hydrogen (secondary N) is 1. The van der Waals surface area contributed by atoms with Gasteiger partial charge in [-0.2, -0.15) is 0 Å². The van der Waals surface area contributed by atoms with E-state index in [4.69, 9.17) is 16.3 Å². The molecule has 0 atom stereocenters. The number of fused-ring (bicyclic) bond motifs is 1. The van der Waals surface area contributed by atoms with E-state index in [0.29, 0.717) is 0 Å². The molecule has 1 aliphatic rings. The molecule has 1 aliphatic heterocycles. The number of hydrogen-bond acceptors (Lipinski definition) is 2. The number of ether oxygens (including phenoxy) is 1. The Morgan fingerprint density at radius 3 is 2.88 bits per heavy atom. The van der Waals surface area contributed by atoms with Crippen LogP contribution in [0.5, 0.6) is 5.75 Å². The fourth-order valence-electron chi connectivity index (χ4n) is 2.34. The predicted octanol–water partition coefficient (Wildman–Crippen LogP) is 3.16. The van der Waals surface area contributed by atoms with Gasteiger partial charge in [-0.05, 0) is 43.1 Å². The molecule has 1 heterocycles. The molecule has 2 nitrogen and oxygen atoms in total. The zero-order valence-electron chi connectivity index (χ0n) is 10.8. The first-order valence-corrected chi connectivity index (χ1v) is 6.53. The van der Waals surface area contributed by atoms with Crippen LogP contribution in [-0.4, -0.2) is 20.2 Å². The van der Waals surface area contributed by atoms with Crippen molar-refractivity contribution in [1.29, 1.82) is 0 Å². The highest BCUT2D eigenvalue weighted by molar-refractivity contribution is 6.30. The van der Waals surface area contributed by atoms with Gasteiger partial charge >= 0.3 is 0 Å². The smallest absolute Gasteiger partial charge is 0.126 e. The Hall–Kier alpha value is -0.730. The van der Waals surface area contributed by atoms with Gasteiger partial charge in [0.1, 0.15) is 5.75 Å². The minimum atomic E-state index is 0.0856. The van der Waals surface area contributed by atoms with Crippen LogP contribution in [0.2, 0.25) is 5.02 Å². The Morgan fingerprint density at radius 2 is 2.18 bits per heavy atom. The maximum Gasteiger partial charge on any atom is 0.126 e. The molecule has 0 radical (unpaired) electrons. The Kier molecular flexibility index (Phi) is 3.64. The maximum atomic E-state index is 6.20. The first kappa shape index (κ1) is 12.7. The van der Waals surface area contributed by atoms with Gasteiger partial charge in [0.2, 0.25) is 0 Å². The average Bonchev–Trinajstić information content (AvgIpc) is 2.72. The Labute approximate surface area is 108 Å². The molecular weight excluding hydrogens is 234 g/mol. The molecule has 94 valence electrons. The van der Waals surface area contributed by atoms with Crippen LogP contribution >= 0.6 is 11.6 Å². The van der Waals surface area contributed by atoms with Crippen LogP contribution in [0.25, 0.3) is 0 Å². The number of benzene rings is 1. The summed E-state index contributed by atoms with van der Waals surface area (Å²) in [7, 11) is 1.98. The van der Waals surface area contributed by atoms with Gasteiger partial charge in [-0.15, -0.1) is 0 Å². The van der Waals surface area contributed by atoms with Gasteiger partial charge in [0, 0.05) is 17.0 Å². The summed E-state index contributed by atoms with van der Waals surface area (Å²) in [5, 5.41) is 4.02. The summed E-state index contributed by atoms with van der Waals surface area (Å²) in [5.41, 5.74) is 2.58. The van der Waals surface area contributed by atoms with Crippen LogP contribution in [0.15, 0.2) is 12.1 Å².